The molecule has 5 heteroatoms. The van der Waals surface area contributed by atoms with Crippen LogP contribution < -0.4 is 15.8 Å². The minimum atomic E-state index is -0.668. The standard InChI is InChI=1S/C26H35N3O2/c1-26(2,25(27)30)20-8-10-22(11-9-20)31-17-16-29-14-12-21(13-15-29)28-24-18-23(24)19-6-4-3-5-7-19/h3-11,21,23-24,28H,12-18H2,1-2H3,(H2,27,30)/t23-,24+/m0/s1. The minimum Gasteiger partial charge on any atom is -0.492 e. The number of rotatable bonds is 9. The van der Waals surface area contributed by atoms with E-state index in [0.29, 0.717) is 24.6 Å². The van der Waals surface area contributed by atoms with E-state index in [9.17, 15) is 4.79 Å². The highest BCUT2D eigenvalue weighted by molar-refractivity contribution is 5.85. The first-order valence-corrected chi connectivity index (χ1v) is 11.5. The van der Waals surface area contributed by atoms with Gasteiger partial charge in [0.15, 0.2) is 0 Å². The van der Waals surface area contributed by atoms with Crippen molar-refractivity contribution in [3.63, 3.8) is 0 Å². The zero-order chi connectivity index (χ0) is 21.8. The van der Waals surface area contributed by atoms with Crippen LogP contribution >= 0.6 is 0 Å². The average Bonchev–Trinajstić information content (AvgIpc) is 3.55. The highest BCUT2D eigenvalue weighted by atomic mass is 16.5. The van der Waals surface area contributed by atoms with Crippen molar-refractivity contribution in [3.05, 3.63) is 65.7 Å². The lowest BCUT2D eigenvalue weighted by Crippen LogP contribution is -2.44. The Morgan fingerprint density at radius 3 is 2.42 bits per heavy atom. The fraction of sp³-hybridized carbons (Fsp3) is 0.500. The Labute approximate surface area is 186 Å². The molecule has 0 bridgehead atoms. The normalized spacial score (nSPS) is 22.3. The van der Waals surface area contributed by atoms with Crippen molar-refractivity contribution >= 4 is 5.91 Å². The number of ether oxygens (including phenoxy) is 1. The molecule has 2 aromatic rings. The molecule has 1 amide bonds. The number of carbonyl (C=O) groups is 1. The van der Waals surface area contributed by atoms with Gasteiger partial charge in [0, 0.05) is 24.5 Å². The van der Waals surface area contributed by atoms with E-state index in [1.54, 1.807) is 0 Å². The number of nitrogens with two attached hydrogens (primary N) is 1. The molecule has 0 radical (unpaired) electrons. The zero-order valence-corrected chi connectivity index (χ0v) is 18.7. The average molecular weight is 422 g/mol. The van der Waals surface area contributed by atoms with E-state index < -0.39 is 5.41 Å². The number of nitrogens with one attached hydrogen (secondary N) is 1. The fourth-order valence-electron chi connectivity index (χ4n) is 4.48. The van der Waals surface area contributed by atoms with E-state index in [2.05, 4.69) is 40.5 Å². The molecule has 1 saturated heterocycles. The molecule has 2 aromatic carbocycles. The third-order valence-corrected chi connectivity index (χ3v) is 6.92. The number of benzene rings is 2. The monoisotopic (exact) mass is 421 g/mol. The van der Waals surface area contributed by atoms with Crippen molar-refractivity contribution in [1.29, 1.82) is 0 Å². The number of nitrogens with zero attached hydrogens (tertiary/aromatic N) is 1. The van der Waals surface area contributed by atoms with E-state index in [4.69, 9.17) is 10.5 Å². The summed E-state index contributed by atoms with van der Waals surface area (Å²) in [5, 5.41) is 3.88. The molecular formula is C26H35N3O2. The molecule has 0 spiro atoms. The van der Waals surface area contributed by atoms with Crippen LogP contribution in [0.25, 0.3) is 0 Å². The largest absolute Gasteiger partial charge is 0.492 e. The van der Waals surface area contributed by atoms with Crippen LogP contribution in [0, 0.1) is 0 Å². The number of piperidine rings is 1. The summed E-state index contributed by atoms with van der Waals surface area (Å²) in [6.45, 7) is 7.54. The van der Waals surface area contributed by atoms with Crippen molar-refractivity contribution < 1.29 is 9.53 Å². The van der Waals surface area contributed by atoms with Crippen molar-refractivity contribution in [3.8, 4) is 5.75 Å². The number of likely N-dealkylation sites (tertiary alicyclic amines) is 1. The topological polar surface area (TPSA) is 67.6 Å². The van der Waals surface area contributed by atoms with Gasteiger partial charge in [-0.3, -0.25) is 9.69 Å². The molecule has 31 heavy (non-hydrogen) atoms. The summed E-state index contributed by atoms with van der Waals surface area (Å²) in [5.74, 6) is 1.21. The molecule has 1 saturated carbocycles. The molecule has 2 aliphatic rings. The van der Waals surface area contributed by atoms with E-state index in [0.717, 1.165) is 30.9 Å². The Bertz CT molecular complexity index is 858. The van der Waals surface area contributed by atoms with Crippen LogP contribution in [0.2, 0.25) is 0 Å². The molecule has 166 valence electrons. The van der Waals surface area contributed by atoms with Crippen molar-refractivity contribution in [1.82, 2.24) is 10.2 Å². The molecule has 4 rings (SSSR count). The lowest BCUT2D eigenvalue weighted by atomic mass is 9.84. The lowest BCUT2D eigenvalue weighted by Gasteiger charge is -2.32. The van der Waals surface area contributed by atoms with E-state index in [-0.39, 0.29) is 5.91 Å². The highest BCUT2D eigenvalue weighted by Crippen LogP contribution is 2.41. The summed E-state index contributed by atoms with van der Waals surface area (Å²) < 4.78 is 5.93. The Kier molecular flexibility index (Phi) is 6.63. The lowest BCUT2D eigenvalue weighted by molar-refractivity contribution is -0.122. The summed E-state index contributed by atoms with van der Waals surface area (Å²) >= 11 is 0. The van der Waals surface area contributed by atoms with Crippen LogP contribution in [0.4, 0.5) is 0 Å². The summed E-state index contributed by atoms with van der Waals surface area (Å²) in [6.07, 6.45) is 3.68. The molecule has 2 fully saturated rings. The molecule has 3 N–H and O–H groups in total. The summed E-state index contributed by atoms with van der Waals surface area (Å²) in [6, 6.07) is 19.9. The molecule has 2 atom stereocenters. The number of hydrogen-bond acceptors (Lipinski definition) is 4. The van der Waals surface area contributed by atoms with Crippen LogP contribution in [0.3, 0.4) is 0 Å². The van der Waals surface area contributed by atoms with Gasteiger partial charge in [0.25, 0.3) is 0 Å². The number of primary amides is 1. The Hall–Kier alpha value is -2.37. The summed E-state index contributed by atoms with van der Waals surface area (Å²) in [5.41, 5.74) is 7.21. The predicted molar refractivity (Wildman–Crippen MR) is 124 cm³/mol. The van der Waals surface area contributed by atoms with Gasteiger partial charge >= 0.3 is 0 Å². The maximum absolute atomic E-state index is 11.6. The predicted octanol–water partition coefficient (Wildman–Crippen LogP) is 3.44. The third kappa shape index (κ3) is 5.46. The number of hydrogen-bond donors (Lipinski definition) is 2. The second kappa shape index (κ2) is 9.41. The second-order valence-electron chi connectivity index (χ2n) is 9.50. The molecule has 0 unspecified atom stereocenters. The third-order valence-electron chi connectivity index (χ3n) is 6.92. The van der Waals surface area contributed by atoms with Gasteiger partial charge in [-0.25, -0.2) is 0 Å². The fourth-order valence-corrected chi connectivity index (χ4v) is 4.48. The molecular weight excluding hydrogens is 386 g/mol. The SMILES string of the molecule is CC(C)(C(N)=O)c1ccc(OCCN2CCC(N[C@@H]3C[C@H]3c3ccccc3)CC2)cc1. The van der Waals surface area contributed by atoms with Gasteiger partial charge in [-0.05, 0) is 69.5 Å². The quantitative estimate of drug-likeness (QED) is 0.651. The van der Waals surface area contributed by atoms with Gasteiger partial charge in [-0.2, -0.15) is 0 Å². The molecule has 5 nitrogen and oxygen atoms in total. The van der Waals surface area contributed by atoms with Crippen LogP contribution in [0.15, 0.2) is 54.6 Å². The highest BCUT2D eigenvalue weighted by Gasteiger charge is 2.39. The second-order valence-corrected chi connectivity index (χ2v) is 9.50. The summed E-state index contributed by atoms with van der Waals surface area (Å²) in [4.78, 5) is 14.1. The maximum Gasteiger partial charge on any atom is 0.227 e. The van der Waals surface area contributed by atoms with Gasteiger partial charge in [-0.15, -0.1) is 0 Å². The Morgan fingerprint density at radius 2 is 1.77 bits per heavy atom. The summed E-state index contributed by atoms with van der Waals surface area (Å²) in [7, 11) is 0. The molecule has 1 aliphatic carbocycles. The van der Waals surface area contributed by atoms with Gasteiger partial charge in [0.05, 0.1) is 5.41 Å². The smallest absolute Gasteiger partial charge is 0.227 e. The first kappa shape index (κ1) is 21.8. The van der Waals surface area contributed by atoms with E-state index in [1.807, 2.05) is 38.1 Å². The van der Waals surface area contributed by atoms with Crippen LogP contribution in [0.1, 0.15) is 50.2 Å². The maximum atomic E-state index is 11.6. The van der Waals surface area contributed by atoms with Gasteiger partial charge in [0.2, 0.25) is 5.91 Å². The van der Waals surface area contributed by atoms with Crippen molar-refractivity contribution in [2.75, 3.05) is 26.2 Å². The number of carbonyl (C=O) groups excluding carboxylic acids is 1. The van der Waals surface area contributed by atoms with E-state index >= 15 is 0 Å². The van der Waals surface area contributed by atoms with Crippen molar-refractivity contribution in [2.45, 2.75) is 56.5 Å². The first-order valence-electron chi connectivity index (χ1n) is 11.5. The van der Waals surface area contributed by atoms with Crippen LogP contribution in [0.5, 0.6) is 5.75 Å². The molecule has 0 aromatic heterocycles. The molecule has 1 heterocycles. The van der Waals surface area contributed by atoms with Crippen LogP contribution in [-0.4, -0.2) is 49.1 Å². The molecule has 1 aliphatic heterocycles. The zero-order valence-electron chi connectivity index (χ0n) is 18.7. The van der Waals surface area contributed by atoms with Gasteiger partial charge in [-0.1, -0.05) is 42.5 Å². The Morgan fingerprint density at radius 1 is 1.10 bits per heavy atom. The number of amides is 1. The van der Waals surface area contributed by atoms with Crippen molar-refractivity contribution in [2.24, 2.45) is 5.73 Å². The van der Waals surface area contributed by atoms with Gasteiger partial charge < -0.3 is 15.8 Å². The van der Waals surface area contributed by atoms with Crippen LogP contribution in [-0.2, 0) is 10.2 Å². The first-order chi connectivity index (χ1) is 14.9. The Balaban J connectivity index is 1.14. The van der Waals surface area contributed by atoms with Gasteiger partial charge in [0.1, 0.15) is 12.4 Å². The minimum absolute atomic E-state index is 0.323. The van der Waals surface area contributed by atoms with E-state index in [1.165, 1.54) is 24.8 Å².